The molecule has 2 amide bonds. The Morgan fingerprint density at radius 2 is 2.10 bits per heavy atom. The van der Waals surface area contributed by atoms with E-state index in [1.807, 2.05) is 0 Å². The average molecular weight is 146 g/mol. The molecule has 0 aliphatic rings. The number of hydrogen-bond acceptors (Lipinski definition) is 3. The van der Waals surface area contributed by atoms with Crippen molar-refractivity contribution in [1.82, 2.24) is 10.6 Å². The van der Waals surface area contributed by atoms with E-state index in [1.54, 1.807) is 0 Å². The van der Waals surface area contributed by atoms with Crippen molar-refractivity contribution in [1.29, 1.82) is 0 Å². The summed E-state index contributed by atoms with van der Waals surface area (Å²) in [6, 6.07) is -0.398. The zero-order valence-electron chi connectivity index (χ0n) is 5.93. The maximum absolute atomic E-state index is 10.4. The topological polar surface area (TPSA) is 67.4 Å². The van der Waals surface area contributed by atoms with E-state index in [9.17, 15) is 9.59 Å². The Balaban J connectivity index is 3.35. The van der Waals surface area contributed by atoms with Gasteiger partial charge in [0.05, 0.1) is 7.11 Å². The first-order chi connectivity index (χ1) is 4.70. The summed E-state index contributed by atoms with van der Waals surface area (Å²) < 4.78 is 4.26. The number of hydrogen-bond donors (Lipinski definition) is 2. The van der Waals surface area contributed by atoms with Crippen LogP contribution < -0.4 is 10.6 Å². The van der Waals surface area contributed by atoms with Crippen molar-refractivity contribution >= 4 is 12.0 Å². The smallest absolute Gasteiger partial charge is 0.325 e. The Kier molecular flexibility index (Phi) is 4.02. The number of esters is 1. The maximum Gasteiger partial charge on any atom is 0.325 e. The van der Waals surface area contributed by atoms with Crippen LogP contribution in [0.5, 0.6) is 0 Å². The second-order valence-corrected chi connectivity index (χ2v) is 1.51. The molecule has 5 heteroatoms. The Morgan fingerprint density at radius 1 is 1.50 bits per heavy atom. The molecule has 0 spiro atoms. The normalized spacial score (nSPS) is 8.20. The first-order valence-corrected chi connectivity index (χ1v) is 2.73. The van der Waals surface area contributed by atoms with E-state index in [4.69, 9.17) is 0 Å². The Hall–Kier alpha value is -1.26. The highest BCUT2D eigenvalue weighted by molar-refractivity contribution is 5.80. The fourth-order valence-corrected chi connectivity index (χ4v) is 0.313. The number of rotatable bonds is 2. The van der Waals surface area contributed by atoms with Crippen LogP contribution >= 0.6 is 0 Å². The van der Waals surface area contributed by atoms with Crippen molar-refractivity contribution in [3.8, 4) is 0 Å². The lowest BCUT2D eigenvalue weighted by atomic mass is 10.6. The zero-order chi connectivity index (χ0) is 7.98. The largest absolute Gasteiger partial charge is 0.468 e. The summed E-state index contributed by atoms with van der Waals surface area (Å²) in [5.41, 5.74) is 0. The first-order valence-electron chi connectivity index (χ1n) is 2.73. The van der Waals surface area contributed by atoms with Crippen LogP contribution in [0.15, 0.2) is 0 Å². The van der Waals surface area contributed by atoms with Crippen LogP contribution in [0.2, 0.25) is 0 Å². The molecule has 0 aromatic carbocycles. The molecule has 0 saturated heterocycles. The highest BCUT2D eigenvalue weighted by atomic mass is 16.5. The van der Waals surface area contributed by atoms with E-state index in [2.05, 4.69) is 15.4 Å². The van der Waals surface area contributed by atoms with Gasteiger partial charge in [0.1, 0.15) is 6.54 Å². The summed E-state index contributed by atoms with van der Waals surface area (Å²) in [7, 11) is 2.72. The van der Waals surface area contributed by atoms with Gasteiger partial charge in [-0.3, -0.25) is 4.79 Å². The molecule has 0 fully saturated rings. The van der Waals surface area contributed by atoms with E-state index in [1.165, 1.54) is 14.2 Å². The van der Waals surface area contributed by atoms with Gasteiger partial charge >= 0.3 is 12.0 Å². The minimum Gasteiger partial charge on any atom is -0.468 e. The lowest BCUT2D eigenvalue weighted by Gasteiger charge is -2.00. The van der Waals surface area contributed by atoms with Gasteiger partial charge in [0.25, 0.3) is 0 Å². The quantitative estimate of drug-likeness (QED) is 0.495. The van der Waals surface area contributed by atoms with Crippen LogP contribution in [-0.4, -0.2) is 32.7 Å². The van der Waals surface area contributed by atoms with Gasteiger partial charge in [-0.05, 0) is 0 Å². The summed E-state index contributed by atoms with van der Waals surface area (Å²) in [6.07, 6.45) is 0. The Labute approximate surface area is 58.7 Å². The zero-order valence-corrected chi connectivity index (χ0v) is 5.93. The Morgan fingerprint density at radius 3 is 2.50 bits per heavy atom. The third-order valence-corrected chi connectivity index (χ3v) is 0.848. The van der Waals surface area contributed by atoms with Crippen LogP contribution in [0.25, 0.3) is 0 Å². The number of carbonyl (C=O) groups excluding carboxylic acids is 2. The second kappa shape index (κ2) is 4.60. The molecule has 0 aromatic rings. The molecular formula is C5H10N2O3. The molecule has 58 valence electrons. The summed E-state index contributed by atoms with van der Waals surface area (Å²) in [4.78, 5) is 20.8. The number of urea groups is 1. The highest BCUT2D eigenvalue weighted by Crippen LogP contribution is 1.68. The van der Waals surface area contributed by atoms with Crippen LogP contribution in [0.3, 0.4) is 0 Å². The molecule has 0 bridgehead atoms. The van der Waals surface area contributed by atoms with Gasteiger partial charge in [0.15, 0.2) is 0 Å². The van der Waals surface area contributed by atoms with Crippen molar-refractivity contribution in [2.45, 2.75) is 0 Å². The average Bonchev–Trinajstić information content (AvgIpc) is 1.99. The predicted molar refractivity (Wildman–Crippen MR) is 34.5 cm³/mol. The number of amides is 2. The van der Waals surface area contributed by atoms with Gasteiger partial charge in [0, 0.05) is 7.05 Å². The minimum atomic E-state index is -0.469. The third-order valence-electron chi connectivity index (χ3n) is 0.848. The minimum absolute atomic E-state index is 0.101. The second-order valence-electron chi connectivity index (χ2n) is 1.51. The molecule has 0 heterocycles. The number of ether oxygens (including phenoxy) is 1. The number of nitrogens with one attached hydrogen (secondary N) is 2. The highest BCUT2D eigenvalue weighted by Gasteiger charge is 2.00. The maximum atomic E-state index is 10.4. The molecule has 0 radical (unpaired) electrons. The van der Waals surface area contributed by atoms with Gasteiger partial charge in [0.2, 0.25) is 0 Å². The molecule has 2 N–H and O–H groups in total. The standard InChI is InChI=1S/C5H10N2O3/c1-6-5(9)7-3-4(8)10-2/h3H2,1-2H3,(H2,6,7,9). The molecule has 0 unspecified atom stereocenters. The predicted octanol–water partition coefficient (Wildman–Crippen LogP) is -0.912. The summed E-state index contributed by atoms with van der Waals surface area (Å²) in [5, 5.41) is 4.55. The van der Waals surface area contributed by atoms with Gasteiger partial charge in [-0.15, -0.1) is 0 Å². The van der Waals surface area contributed by atoms with Crippen molar-refractivity contribution in [2.24, 2.45) is 0 Å². The van der Waals surface area contributed by atoms with Crippen LogP contribution in [0.4, 0.5) is 4.79 Å². The van der Waals surface area contributed by atoms with Gasteiger partial charge in [-0.25, -0.2) is 4.79 Å². The van der Waals surface area contributed by atoms with Gasteiger partial charge in [-0.2, -0.15) is 0 Å². The fraction of sp³-hybridized carbons (Fsp3) is 0.600. The van der Waals surface area contributed by atoms with E-state index < -0.39 is 12.0 Å². The van der Waals surface area contributed by atoms with Crippen molar-refractivity contribution < 1.29 is 14.3 Å². The molecule has 0 aliphatic heterocycles. The molecule has 10 heavy (non-hydrogen) atoms. The SMILES string of the molecule is CNC(=O)NCC(=O)OC. The van der Waals surface area contributed by atoms with E-state index in [-0.39, 0.29) is 6.54 Å². The summed E-state index contributed by atoms with van der Waals surface area (Å²) in [6.45, 7) is -0.101. The number of methoxy groups -OCH3 is 1. The first kappa shape index (κ1) is 8.74. The molecular weight excluding hydrogens is 136 g/mol. The van der Waals surface area contributed by atoms with Crippen molar-refractivity contribution in [3.05, 3.63) is 0 Å². The van der Waals surface area contributed by atoms with Crippen LogP contribution in [-0.2, 0) is 9.53 Å². The van der Waals surface area contributed by atoms with Crippen LogP contribution in [0, 0.1) is 0 Å². The third kappa shape index (κ3) is 3.71. The molecule has 0 aromatic heterocycles. The lowest BCUT2D eigenvalue weighted by molar-refractivity contribution is -0.139. The molecule has 0 saturated carbocycles. The van der Waals surface area contributed by atoms with E-state index in [0.717, 1.165) is 0 Å². The Bertz CT molecular complexity index is 119. The van der Waals surface area contributed by atoms with Crippen molar-refractivity contribution in [3.63, 3.8) is 0 Å². The van der Waals surface area contributed by atoms with Gasteiger partial charge < -0.3 is 15.4 Å². The van der Waals surface area contributed by atoms with E-state index >= 15 is 0 Å². The molecule has 0 aliphatic carbocycles. The summed E-state index contributed by atoms with van der Waals surface area (Å²) >= 11 is 0. The molecule has 0 atom stereocenters. The van der Waals surface area contributed by atoms with Gasteiger partial charge in [-0.1, -0.05) is 0 Å². The lowest BCUT2D eigenvalue weighted by Crippen LogP contribution is -2.36. The molecule has 0 rings (SSSR count). The van der Waals surface area contributed by atoms with E-state index in [0.29, 0.717) is 0 Å². The summed E-state index contributed by atoms with van der Waals surface area (Å²) in [5.74, 6) is -0.469. The monoisotopic (exact) mass is 146 g/mol. The molecule has 5 nitrogen and oxygen atoms in total. The fourth-order valence-electron chi connectivity index (χ4n) is 0.313. The van der Waals surface area contributed by atoms with Crippen molar-refractivity contribution in [2.75, 3.05) is 20.7 Å². The van der Waals surface area contributed by atoms with Crippen LogP contribution in [0.1, 0.15) is 0 Å². The number of carbonyl (C=O) groups is 2.